The van der Waals surface area contributed by atoms with Gasteiger partial charge < -0.3 is 10.6 Å². The van der Waals surface area contributed by atoms with Crippen LogP contribution in [0.3, 0.4) is 0 Å². The predicted molar refractivity (Wildman–Crippen MR) is 67.0 cm³/mol. The minimum atomic E-state index is 0.288. The minimum absolute atomic E-state index is 0.288. The molecule has 0 aromatic heterocycles. The standard InChI is InChI=1S/C13H26N2O/c1-4-13(3)5-7-15(8-6-13)12(16)9-11(2)10-14/h11H,4-10,14H2,1-3H3. The molecule has 0 aliphatic carbocycles. The zero-order valence-electron chi connectivity index (χ0n) is 11.0. The maximum absolute atomic E-state index is 11.9. The second-order valence-electron chi connectivity index (χ2n) is 5.59. The van der Waals surface area contributed by atoms with E-state index in [4.69, 9.17) is 5.73 Å². The summed E-state index contributed by atoms with van der Waals surface area (Å²) in [6.07, 6.45) is 4.12. The Morgan fingerprint density at radius 3 is 2.44 bits per heavy atom. The van der Waals surface area contributed by atoms with E-state index in [9.17, 15) is 4.79 Å². The van der Waals surface area contributed by atoms with Crippen molar-refractivity contribution in [2.75, 3.05) is 19.6 Å². The number of likely N-dealkylation sites (tertiary alicyclic amines) is 1. The zero-order chi connectivity index (χ0) is 12.2. The van der Waals surface area contributed by atoms with Crippen molar-refractivity contribution in [1.82, 2.24) is 4.90 Å². The smallest absolute Gasteiger partial charge is 0.222 e. The number of hydrogen-bond donors (Lipinski definition) is 1. The van der Waals surface area contributed by atoms with Crippen LogP contribution in [0.15, 0.2) is 0 Å². The van der Waals surface area contributed by atoms with Gasteiger partial charge in [-0.3, -0.25) is 4.79 Å². The monoisotopic (exact) mass is 226 g/mol. The lowest BCUT2D eigenvalue weighted by Gasteiger charge is -2.39. The van der Waals surface area contributed by atoms with Crippen molar-refractivity contribution < 1.29 is 4.79 Å². The Hall–Kier alpha value is -0.570. The van der Waals surface area contributed by atoms with E-state index in [2.05, 4.69) is 13.8 Å². The highest BCUT2D eigenvalue weighted by Gasteiger charge is 2.30. The fourth-order valence-electron chi connectivity index (χ4n) is 2.16. The normalized spacial score (nSPS) is 21.9. The molecule has 0 radical (unpaired) electrons. The second kappa shape index (κ2) is 5.67. The third-order valence-corrected chi connectivity index (χ3v) is 4.10. The summed E-state index contributed by atoms with van der Waals surface area (Å²) >= 11 is 0. The van der Waals surface area contributed by atoms with Gasteiger partial charge in [0.15, 0.2) is 0 Å². The Morgan fingerprint density at radius 2 is 2.00 bits per heavy atom. The molecule has 16 heavy (non-hydrogen) atoms. The summed E-state index contributed by atoms with van der Waals surface area (Å²) in [5, 5.41) is 0. The highest BCUT2D eigenvalue weighted by molar-refractivity contribution is 5.76. The van der Waals surface area contributed by atoms with Crippen molar-refractivity contribution in [3.8, 4) is 0 Å². The van der Waals surface area contributed by atoms with E-state index in [0.29, 0.717) is 24.3 Å². The van der Waals surface area contributed by atoms with Crippen molar-refractivity contribution in [3.63, 3.8) is 0 Å². The van der Waals surface area contributed by atoms with Gasteiger partial charge in [0.1, 0.15) is 0 Å². The lowest BCUT2D eigenvalue weighted by molar-refractivity contribution is -0.134. The number of rotatable bonds is 4. The van der Waals surface area contributed by atoms with Crippen molar-refractivity contribution >= 4 is 5.91 Å². The molecule has 2 N–H and O–H groups in total. The summed E-state index contributed by atoms with van der Waals surface area (Å²) < 4.78 is 0. The molecule has 0 saturated carbocycles. The van der Waals surface area contributed by atoms with Crippen LogP contribution in [0.4, 0.5) is 0 Å². The molecule has 0 spiro atoms. The Morgan fingerprint density at radius 1 is 1.44 bits per heavy atom. The molecule has 1 atom stereocenters. The topological polar surface area (TPSA) is 46.3 Å². The first kappa shape index (κ1) is 13.5. The van der Waals surface area contributed by atoms with Crippen LogP contribution in [-0.4, -0.2) is 30.4 Å². The number of carbonyl (C=O) groups is 1. The third-order valence-electron chi connectivity index (χ3n) is 4.10. The minimum Gasteiger partial charge on any atom is -0.343 e. The third kappa shape index (κ3) is 3.48. The molecule has 0 aromatic rings. The molecular weight excluding hydrogens is 200 g/mol. The first-order chi connectivity index (χ1) is 7.50. The van der Waals surface area contributed by atoms with E-state index in [1.165, 1.54) is 6.42 Å². The van der Waals surface area contributed by atoms with Crippen molar-refractivity contribution in [2.24, 2.45) is 17.1 Å². The molecule has 1 fully saturated rings. The van der Waals surface area contributed by atoms with Crippen molar-refractivity contribution in [2.45, 2.75) is 46.5 Å². The highest BCUT2D eigenvalue weighted by atomic mass is 16.2. The maximum Gasteiger partial charge on any atom is 0.222 e. The van der Waals surface area contributed by atoms with Crippen LogP contribution in [-0.2, 0) is 4.79 Å². The second-order valence-corrected chi connectivity index (χ2v) is 5.59. The van der Waals surface area contributed by atoms with Gasteiger partial charge in [0.05, 0.1) is 0 Å². The summed E-state index contributed by atoms with van der Waals surface area (Å²) in [4.78, 5) is 14.0. The average Bonchev–Trinajstić information content (AvgIpc) is 2.29. The summed E-state index contributed by atoms with van der Waals surface area (Å²) in [6.45, 7) is 9.08. The van der Waals surface area contributed by atoms with E-state index in [1.54, 1.807) is 0 Å². The molecule has 1 aliphatic rings. The molecule has 1 amide bonds. The van der Waals surface area contributed by atoms with E-state index < -0.39 is 0 Å². The SMILES string of the molecule is CCC1(C)CCN(C(=O)CC(C)CN)CC1. The number of hydrogen-bond acceptors (Lipinski definition) is 2. The van der Waals surface area contributed by atoms with Gasteiger partial charge in [0.25, 0.3) is 0 Å². The number of nitrogens with zero attached hydrogens (tertiary/aromatic N) is 1. The molecule has 3 nitrogen and oxygen atoms in total. The molecule has 3 heteroatoms. The van der Waals surface area contributed by atoms with Crippen molar-refractivity contribution in [1.29, 1.82) is 0 Å². The molecule has 1 saturated heterocycles. The van der Waals surface area contributed by atoms with Crippen LogP contribution < -0.4 is 5.73 Å². The maximum atomic E-state index is 11.9. The lowest BCUT2D eigenvalue weighted by Crippen LogP contribution is -2.42. The van der Waals surface area contributed by atoms with Gasteiger partial charge in [-0.1, -0.05) is 27.2 Å². The summed E-state index contributed by atoms with van der Waals surface area (Å²) in [7, 11) is 0. The van der Waals surface area contributed by atoms with Crippen LogP contribution in [0, 0.1) is 11.3 Å². The van der Waals surface area contributed by atoms with Crippen molar-refractivity contribution in [3.05, 3.63) is 0 Å². The molecular formula is C13H26N2O. The first-order valence-electron chi connectivity index (χ1n) is 6.48. The molecule has 0 bridgehead atoms. The van der Waals surface area contributed by atoms with E-state index >= 15 is 0 Å². The lowest BCUT2D eigenvalue weighted by atomic mass is 9.78. The van der Waals surface area contributed by atoms with Crippen LogP contribution in [0.1, 0.15) is 46.5 Å². The van der Waals surface area contributed by atoms with E-state index in [-0.39, 0.29) is 5.91 Å². The predicted octanol–water partition coefficient (Wildman–Crippen LogP) is 2.01. The fraction of sp³-hybridized carbons (Fsp3) is 0.923. The summed E-state index contributed by atoms with van der Waals surface area (Å²) in [5.41, 5.74) is 6.00. The molecule has 1 unspecified atom stereocenters. The van der Waals surface area contributed by atoms with E-state index in [0.717, 1.165) is 25.9 Å². The van der Waals surface area contributed by atoms with Crippen LogP contribution >= 0.6 is 0 Å². The molecule has 0 aromatic carbocycles. The van der Waals surface area contributed by atoms with Gasteiger partial charge >= 0.3 is 0 Å². The van der Waals surface area contributed by atoms with Gasteiger partial charge in [-0.2, -0.15) is 0 Å². The molecule has 1 heterocycles. The van der Waals surface area contributed by atoms with Gasteiger partial charge in [-0.25, -0.2) is 0 Å². The Kier molecular flexibility index (Phi) is 4.78. The van der Waals surface area contributed by atoms with Gasteiger partial charge in [0, 0.05) is 19.5 Å². The van der Waals surface area contributed by atoms with Crippen LogP contribution in [0.25, 0.3) is 0 Å². The highest BCUT2D eigenvalue weighted by Crippen LogP contribution is 2.34. The molecule has 94 valence electrons. The van der Waals surface area contributed by atoms with Gasteiger partial charge in [-0.05, 0) is 30.7 Å². The summed E-state index contributed by atoms with van der Waals surface area (Å²) in [6, 6.07) is 0. The Balaban J connectivity index is 2.39. The Labute approximate surface area is 99.4 Å². The average molecular weight is 226 g/mol. The number of carbonyl (C=O) groups excluding carboxylic acids is 1. The van der Waals surface area contributed by atoms with Gasteiger partial charge in [0.2, 0.25) is 5.91 Å². The quantitative estimate of drug-likeness (QED) is 0.797. The number of piperidine rings is 1. The number of amides is 1. The summed E-state index contributed by atoms with van der Waals surface area (Å²) in [5.74, 6) is 0.600. The first-order valence-corrected chi connectivity index (χ1v) is 6.48. The zero-order valence-corrected chi connectivity index (χ0v) is 11.0. The van der Waals surface area contributed by atoms with Crippen LogP contribution in [0.5, 0.6) is 0 Å². The van der Waals surface area contributed by atoms with Crippen LogP contribution in [0.2, 0.25) is 0 Å². The largest absolute Gasteiger partial charge is 0.343 e. The van der Waals surface area contributed by atoms with E-state index in [1.807, 2.05) is 11.8 Å². The molecule has 1 rings (SSSR count). The fourth-order valence-corrected chi connectivity index (χ4v) is 2.16. The van der Waals surface area contributed by atoms with Gasteiger partial charge in [-0.15, -0.1) is 0 Å². The molecule has 1 aliphatic heterocycles. The Bertz CT molecular complexity index is 232. The number of nitrogens with two attached hydrogens (primary N) is 1.